The predicted molar refractivity (Wildman–Crippen MR) is 56.6 cm³/mol. The highest BCUT2D eigenvalue weighted by molar-refractivity contribution is 8.00. The zero-order valence-electron chi connectivity index (χ0n) is 8.04. The van der Waals surface area contributed by atoms with Crippen LogP contribution in [0.1, 0.15) is 44.9 Å². The molecule has 0 saturated heterocycles. The summed E-state index contributed by atoms with van der Waals surface area (Å²) in [5.74, 6) is 0.366. The Balaban J connectivity index is 1.83. The van der Waals surface area contributed by atoms with E-state index in [1.807, 2.05) is 0 Å². The van der Waals surface area contributed by atoms with Gasteiger partial charge < -0.3 is 0 Å². The van der Waals surface area contributed by atoms with Gasteiger partial charge in [-0.1, -0.05) is 19.3 Å². The summed E-state index contributed by atoms with van der Waals surface area (Å²) in [6.45, 7) is 0. The molecule has 2 fully saturated rings. The molecule has 13 heavy (non-hydrogen) atoms. The van der Waals surface area contributed by atoms with Crippen molar-refractivity contribution in [3.05, 3.63) is 0 Å². The summed E-state index contributed by atoms with van der Waals surface area (Å²) < 4.78 is 0. The maximum atomic E-state index is 8.95. The average Bonchev–Trinajstić information content (AvgIpc) is 2.76. The Morgan fingerprint density at radius 2 is 1.77 bits per heavy atom. The van der Waals surface area contributed by atoms with E-state index in [0.29, 0.717) is 11.2 Å². The Hall–Kier alpha value is -0.160. The molecule has 2 atom stereocenters. The van der Waals surface area contributed by atoms with Crippen molar-refractivity contribution in [1.82, 2.24) is 0 Å². The third kappa shape index (κ3) is 2.20. The van der Waals surface area contributed by atoms with E-state index in [2.05, 4.69) is 17.8 Å². The van der Waals surface area contributed by atoms with Crippen molar-refractivity contribution >= 4 is 11.8 Å². The molecule has 0 aromatic carbocycles. The van der Waals surface area contributed by atoms with E-state index in [1.54, 1.807) is 0 Å². The lowest BCUT2D eigenvalue weighted by Crippen LogP contribution is -2.12. The van der Waals surface area contributed by atoms with Gasteiger partial charge in [-0.2, -0.15) is 17.0 Å². The Bertz CT molecular complexity index is 203. The van der Waals surface area contributed by atoms with Gasteiger partial charge in [0.05, 0.1) is 12.0 Å². The molecule has 0 aromatic rings. The molecule has 2 aliphatic rings. The summed E-state index contributed by atoms with van der Waals surface area (Å²) in [6, 6.07) is 2.47. The summed E-state index contributed by atoms with van der Waals surface area (Å²) in [6.07, 6.45) is 9.37. The van der Waals surface area contributed by atoms with Crippen LogP contribution in [0.5, 0.6) is 0 Å². The van der Waals surface area contributed by atoms with E-state index in [0.717, 1.165) is 11.7 Å². The van der Waals surface area contributed by atoms with Gasteiger partial charge in [-0.15, -0.1) is 0 Å². The third-order valence-electron chi connectivity index (χ3n) is 3.29. The predicted octanol–water partition coefficient (Wildman–Crippen LogP) is 3.35. The van der Waals surface area contributed by atoms with E-state index < -0.39 is 0 Å². The van der Waals surface area contributed by atoms with Crippen LogP contribution in [0.4, 0.5) is 0 Å². The van der Waals surface area contributed by atoms with Crippen molar-refractivity contribution in [2.45, 2.75) is 55.4 Å². The zero-order chi connectivity index (χ0) is 9.10. The molecule has 0 heterocycles. The number of hydrogen-bond acceptors (Lipinski definition) is 2. The van der Waals surface area contributed by atoms with Crippen LogP contribution in [0, 0.1) is 17.2 Å². The third-order valence-corrected chi connectivity index (χ3v) is 5.06. The summed E-state index contributed by atoms with van der Waals surface area (Å²) >= 11 is 2.12. The van der Waals surface area contributed by atoms with Crippen molar-refractivity contribution in [2.75, 3.05) is 0 Å². The lowest BCUT2D eigenvalue weighted by atomic mass is 10.1. The van der Waals surface area contributed by atoms with Crippen molar-refractivity contribution in [3.63, 3.8) is 0 Å². The standard InChI is InChI=1S/C11H17NS/c12-8-9-4-3-7-11(9)13-10-5-1-2-6-10/h9-11H,1-7H2. The lowest BCUT2D eigenvalue weighted by molar-refractivity contribution is 0.709. The number of nitriles is 1. The van der Waals surface area contributed by atoms with Gasteiger partial charge in [-0.25, -0.2) is 0 Å². The second-order valence-corrected chi connectivity index (χ2v) is 5.79. The molecule has 0 spiro atoms. The van der Waals surface area contributed by atoms with Crippen LogP contribution < -0.4 is 0 Å². The minimum atomic E-state index is 0.366. The molecule has 2 heteroatoms. The van der Waals surface area contributed by atoms with Crippen molar-refractivity contribution < 1.29 is 0 Å². The van der Waals surface area contributed by atoms with Gasteiger partial charge >= 0.3 is 0 Å². The first-order valence-electron chi connectivity index (χ1n) is 5.45. The van der Waals surface area contributed by atoms with E-state index in [9.17, 15) is 0 Å². The van der Waals surface area contributed by atoms with Gasteiger partial charge in [0.25, 0.3) is 0 Å². The molecule has 2 aliphatic carbocycles. The molecule has 72 valence electrons. The molecule has 2 unspecified atom stereocenters. The van der Waals surface area contributed by atoms with E-state index in [1.165, 1.54) is 38.5 Å². The highest BCUT2D eigenvalue weighted by atomic mass is 32.2. The summed E-state index contributed by atoms with van der Waals surface area (Å²) in [5.41, 5.74) is 0. The van der Waals surface area contributed by atoms with Gasteiger partial charge in [0.1, 0.15) is 0 Å². The van der Waals surface area contributed by atoms with Crippen LogP contribution in [-0.4, -0.2) is 10.5 Å². The van der Waals surface area contributed by atoms with Gasteiger partial charge in [-0.3, -0.25) is 0 Å². The number of nitrogens with zero attached hydrogens (tertiary/aromatic N) is 1. The zero-order valence-corrected chi connectivity index (χ0v) is 8.85. The fourth-order valence-electron chi connectivity index (χ4n) is 2.51. The topological polar surface area (TPSA) is 23.8 Å². The number of rotatable bonds is 2. The van der Waals surface area contributed by atoms with Crippen LogP contribution in [-0.2, 0) is 0 Å². The molecular formula is C11H17NS. The Morgan fingerprint density at radius 3 is 2.46 bits per heavy atom. The summed E-state index contributed by atoms with van der Waals surface area (Å²) in [4.78, 5) is 0. The minimum absolute atomic E-state index is 0.366. The van der Waals surface area contributed by atoms with Gasteiger partial charge in [-0.05, 0) is 25.7 Å². The lowest BCUT2D eigenvalue weighted by Gasteiger charge is -2.17. The van der Waals surface area contributed by atoms with E-state index in [4.69, 9.17) is 5.26 Å². The number of thioether (sulfide) groups is 1. The maximum Gasteiger partial charge on any atom is 0.0667 e. The van der Waals surface area contributed by atoms with Gasteiger partial charge in [0.2, 0.25) is 0 Å². The smallest absolute Gasteiger partial charge is 0.0667 e. The molecule has 2 rings (SSSR count). The van der Waals surface area contributed by atoms with Crippen molar-refractivity contribution in [3.8, 4) is 6.07 Å². The molecular weight excluding hydrogens is 178 g/mol. The first-order chi connectivity index (χ1) is 6.40. The van der Waals surface area contributed by atoms with Crippen LogP contribution in [0.15, 0.2) is 0 Å². The quantitative estimate of drug-likeness (QED) is 0.674. The highest BCUT2D eigenvalue weighted by Crippen LogP contribution is 2.41. The fourth-order valence-corrected chi connectivity index (χ4v) is 4.30. The van der Waals surface area contributed by atoms with E-state index in [-0.39, 0.29) is 0 Å². The Kier molecular flexibility index (Phi) is 3.16. The molecule has 1 nitrogen and oxygen atoms in total. The largest absolute Gasteiger partial charge is 0.198 e. The fraction of sp³-hybridized carbons (Fsp3) is 0.909. The normalized spacial score (nSPS) is 35.0. The summed E-state index contributed by atoms with van der Waals surface area (Å²) in [5, 5.41) is 10.5. The van der Waals surface area contributed by atoms with Crippen LogP contribution in [0.2, 0.25) is 0 Å². The number of hydrogen-bond donors (Lipinski definition) is 0. The molecule has 0 aromatic heterocycles. The van der Waals surface area contributed by atoms with Gasteiger partial charge in [0.15, 0.2) is 0 Å². The maximum absolute atomic E-state index is 8.95. The molecule has 0 radical (unpaired) electrons. The first kappa shape index (κ1) is 9.40. The van der Waals surface area contributed by atoms with Crippen LogP contribution in [0.25, 0.3) is 0 Å². The van der Waals surface area contributed by atoms with Crippen LogP contribution >= 0.6 is 11.8 Å². The van der Waals surface area contributed by atoms with Crippen LogP contribution in [0.3, 0.4) is 0 Å². The van der Waals surface area contributed by atoms with Crippen molar-refractivity contribution in [2.24, 2.45) is 5.92 Å². The minimum Gasteiger partial charge on any atom is -0.198 e. The first-order valence-corrected chi connectivity index (χ1v) is 6.39. The second kappa shape index (κ2) is 4.37. The molecule has 0 amide bonds. The molecule has 0 aliphatic heterocycles. The van der Waals surface area contributed by atoms with Crippen molar-refractivity contribution in [1.29, 1.82) is 5.26 Å². The second-order valence-electron chi connectivity index (χ2n) is 4.25. The molecule has 2 saturated carbocycles. The van der Waals surface area contributed by atoms with E-state index >= 15 is 0 Å². The monoisotopic (exact) mass is 195 g/mol. The average molecular weight is 195 g/mol. The SMILES string of the molecule is N#CC1CCCC1SC1CCCC1. The molecule has 0 N–H and O–H groups in total. The molecule has 0 bridgehead atoms. The summed E-state index contributed by atoms with van der Waals surface area (Å²) in [7, 11) is 0. The Labute approximate surface area is 84.9 Å². The Morgan fingerprint density at radius 1 is 1.00 bits per heavy atom. The van der Waals surface area contributed by atoms with Gasteiger partial charge in [0, 0.05) is 10.5 Å². The highest BCUT2D eigenvalue weighted by Gasteiger charge is 2.30.